The van der Waals surface area contributed by atoms with Crippen molar-refractivity contribution in [1.29, 1.82) is 0 Å². The number of pyridine rings is 2. The molecule has 0 aliphatic carbocycles. The van der Waals surface area contributed by atoms with Gasteiger partial charge in [0.25, 0.3) is 5.91 Å². The standard InChI is InChI=1S/C27H27N3O2S/c1-20-17-25(31)26(27(32)29(2)19-23-12-8-16-33-23)24(14-13-21-9-4-3-5-10-21)30(20)18-22-11-6-7-15-28-22/h3-12,15-17H,13-14,18-19H2,1-2H3. The molecule has 0 N–H and O–H groups in total. The Morgan fingerprint density at radius 1 is 1.03 bits per heavy atom. The summed E-state index contributed by atoms with van der Waals surface area (Å²) in [6.45, 7) is 2.90. The number of rotatable bonds is 8. The molecule has 0 fully saturated rings. The van der Waals surface area contributed by atoms with Crippen LogP contribution in [0.2, 0.25) is 0 Å². The first-order valence-corrected chi connectivity index (χ1v) is 11.9. The van der Waals surface area contributed by atoms with E-state index in [9.17, 15) is 9.59 Å². The Morgan fingerprint density at radius 2 is 1.82 bits per heavy atom. The molecule has 0 aliphatic rings. The molecule has 0 radical (unpaired) electrons. The predicted molar refractivity (Wildman–Crippen MR) is 133 cm³/mol. The molecule has 1 aromatic carbocycles. The van der Waals surface area contributed by atoms with Crippen molar-refractivity contribution in [2.75, 3.05) is 7.05 Å². The van der Waals surface area contributed by atoms with E-state index in [1.165, 1.54) is 5.56 Å². The monoisotopic (exact) mass is 457 g/mol. The van der Waals surface area contributed by atoms with Crippen molar-refractivity contribution < 1.29 is 4.79 Å². The van der Waals surface area contributed by atoms with E-state index in [0.29, 0.717) is 19.5 Å². The molecule has 6 heteroatoms. The number of amides is 1. The van der Waals surface area contributed by atoms with Crippen LogP contribution in [-0.4, -0.2) is 27.4 Å². The Balaban J connectivity index is 1.75. The lowest BCUT2D eigenvalue weighted by molar-refractivity contribution is 0.0783. The van der Waals surface area contributed by atoms with Crippen molar-refractivity contribution in [2.45, 2.75) is 32.9 Å². The number of carbonyl (C=O) groups is 1. The second kappa shape index (κ2) is 10.4. The zero-order chi connectivity index (χ0) is 23.2. The van der Waals surface area contributed by atoms with Gasteiger partial charge < -0.3 is 9.47 Å². The first-order valence-electron chi connectivity index (χ1n) is 11.0. The van der Waals surface area contributed by atoms with Gasteiger partial charge in [-0.05, 0) is 48.9 Å². The third kappa shape index (κ3) is 5.46. The topological polar surface area (TPSA) is 55.2 Å². The molecule has 0 unspecified atom stereocenters. The maximum absolute atomic E-state index is 13.5. The Hall–Kier alpha value is -3.51. The van der Waals surface area contributed by atoms with E-state index in [1.54, 1.807) is 35.5 Å². The highest BCUT2D eigenvalue weighted by Gasteiger charge is 2.23. The van der Waals surface area contributed by atoms with Crippen molar-refractivity contribution >= 4 is 17.2 Å². The van der Waals surface area contributed by atoms with E-state index < -0.39 is 0 Å². The van der Waals surface area contributed by atoms with Gasteiger partial charge in [-0.25, -0.2) is 0 Å². The zero-order valence-corrected chi connectivity index (χ0v) is 19.7. The van der Waals surface area contributed by atoms with Crippen molar-refractivity contribution in [3.63, 3.8) is 0 Å². The Morgan fingerprint density at radius 3 is 2.52 bits per heavy atom. The average molecular weight is 458 g/mol. The summed E-state index contributed by atoms with van der Waals surface area (Å²) in [5, 5.41) is 1.99. The summed E-state index contributed by atoms with van der Waals surface area (Å²) in [7, 11) is 1.76. The molecule has 3 heterocycles. The Kier molecular flexibility index (Phi) is 7.15. The van der Waals surface area contributed by atoms with Gasteiger partial charge in [-0.15, -0.1) is 11.3 Å². The number of aromatic nitrogens is 2. The molecular formula is C27H27N3O2S. The molecule has 0 saturated heterocycles. The van der Waals surface area contributed by atoms with Crippen LogP contribution in [0.5, 0.6) is 0 Å². The minimum absolute atomic E-state index is 0.226. The smallest absolute Gasteiger partial charge is 0.259 e. The molecule has 0 spiro atoms. The Bertz CT molecular complexity index is 1270. The molecule has 0 saturated carbocycles. The summed E-state index contributed by atoms with van der Waals surface area (Å²) in [6, 6.07) is 21.5. The van der Waals surface area contributed by atoms with E-state index in [1.807, 2.05) is 60.8 Å². The van der Waals surface area contributed by atoms with Gasteiger partial charge >= 0.3 is 0 Å². The predicted octanol–water partition coefficient (Wildman–Crippen LogP) is 4.72. The van der Waals surface area contributed by atoms with E-state index in [0.717, 1.165) is 28.4 Å². The molecule has 4 rings (SSSR count). The quantitative estimate of drug-likeness (QED) is 0.385. The number of hydrogen-bond acceptors (Lipinski definition) is 4. The number of hydrogen-bond donors (Lipinski definition) is 0. The zero-order valence-electron chi connectivity index (χ0n) is 18.9. The van der Waals surface area contributed by atoms with Crippen molar-refractivity contribution in [2.24, 2.45) is 0 Å². The van der Waals surface area contributed by atoms with E-state index in [-0.39, 0.29) is 16.9 Å². The average Bonchev–Trinajstić information content (AvgIpc) is 3.33. The van der Waals surface area contributed by atoms with Crippen LogP contribution in [0, 0.1) is 6.92 Å². The van der Waals surface area contributed by atoms with E-state index in [2.05, 4.69) is 21.7 Å². The molecular weight excluding hydrogens is 430 g/mol. The lowest BCUT2D eigenvalue weighted by atomic mass is 10.0. The number of aryl methyl sites for hydroxylation is 2. The first kappa shape index (κ1) is 22.7. The van der Waals surface area contributed by atoms with Crippen molar-refractivity contribution in [3.8, 4) is 0 Å². The lowest BCUT2D eigenvalue weighted by Crippen LogP contribution is -2.34. The maximum atomic E-state index is 13.5. The molecule has 0 atom stereocenters. The molecule has 4 aromatic rings. The van der Waals surface area contributed by atoms with Gasteiger partial charge in [-0.3, -0.25) is 14.6 Å². The lowest BCUT2D eigenvalue weighted by Gasteiger charge is -2.23. The fourth-order valence-corrected chi connectivity index (χ4v) is 4.76. The van der Waals surface area contributed by atoms with Gasteiger partial charge in [0.05, 0.1) is 18.8 Å². The molecule has 168 valence electrons. The van der Waals surface area contributed by atoms with E-state index in [4.69, 9.17) is 0 Å². The van der Waals surface area contributed by atoms with Crippen LogP contribution in [0.15, 0.2) is 83.1 Å². The molecule has 33 heavy (non-hydrogen) atoms. The summed E-state index contributed by atoms with van der Waals surface area (Å²) in [6.07, 6.45) is 3.08. The highest BCUT2D eigenvalue weighted by Crippen LogP contribution is 2.18. The SMILES string of the molecule is Cc1cc(=O)c(C(=O)N(C)Cc2cccs2)c(CCc2ccccc2)n1Cc1ccccn1. The number of benzene rings is 1. The summed E-state index contributed by atoms with van der Waals surface area (Å²) in [5.41, 5.74) is 3.67. The maximum Gasteiger partial charge on any atom is 0.259 e. The minimum Gasteiger partial charge on any atom is -0.342 e. The fraction of sp³-hybridized carbons (Fsp3) is 0.222. The summed E-state index contributed by atoms with van der Waals surface area (Å²) < 4.78 is 2.07. The third-order valence-electron chi connectivity index (χ3n) is 5.70. The second-order valence-corrected chi connectivity index (χ2v) is 9.14. The third-order valence-corrected chi connectivity index (χ3v) is 6.56. The highest BCUT2D eigenvalue weighted by atomic mass is 32.1. The Labute approximate surface area is 198 Å². The number of thiophene rings is 1. The molecule has 5 nitrogen and oxygen atoms in total. The van der Waals surface area contributed by atoms with Crippen LogP contribution >= 0.6 is 11.3 Å². The normalized spacial score (nSPS) is 10.8. The van der Waals surface area contributed by atoms with Crippen LogP contribution in [0.1, 0.15) is 37.9 Å². The summed E-state index contributed by atoms with van der Waals surface area (Å²) in [4.78, 5) is 33.9. The van der Waals surface area contributed by atoms with Crippen molar-refractivity contribution in [3.05, 3.63) is 122 Å². The molecule has 0 bridgehead atoms. The molecule has 0 aliphatic heterocycles. The fourth-order valence-electron chi connectivity index (χ4n) is 4.00. The van der Waals surface area contributed by atoms with Crippen LogP contribution in [0.3, 0.4) is 0 Å². The van der Waals surface area contributed by atoms with Crippen LogP contribution in [0.4, 0.5) is 0 Å². The number of nitrogens with zero attached hydrogens (tertiary/aromatic N) is 3. The van der Waals surface area contributed by atoms with Gasteiger partial charge in [0, 0.05) is 35.6 Å². The number of carbonyl (C=O) groups excluding carboxylic acids is 1. The van der Waals surface area contributed by atoms with Gasteiger partial charge in [-0.2, -0.15) is 0 Å². The van der Waals surface area contributed by atoms with E-state index >= 15 is 0 Å². The highest BCUT2D eigenvalue weighted by molar-refractivity contribution is 7.09. The van der Waals surface area contributed by atoms with Crippen molar-refractivity contribution in [1.82, 2.24) is 14.5 Å². The largest absolute Gasteiger partial charge is 0.342 e. The molecule has 3 aromatic heterocycles. The second-order valence-electron chi connectivity index (χ2n) is 8.11. The van der Waals surface area contributed by atoms with Gasteiger partial charge in [0.2, 0.25) is 0 Å². The van der Waals surface area contributed by atoms with Crippen LogP contribution < -0.4 is 5.43 Å². The summed E-state index contributed by atoms with van der Waals surface area (Å²) in [5.74, 6) is -0.244. The van der Waals surface area contributed by atoms with Crippen LogP contribution in [0.25, 0.3) is 0 Å². The minimum atomic E-state index is -0.244. The molecule has 1 amide bonds. The van der Waals surface area contributed by atoms with Gasteiger partial charge in [0.15, 0.2) is 5.43 Å². The first-order chi connectivity index (χ1) is 16.0. The van der Waals surface area contributed by atoms with Gasteiger partial charge in [0.1, 0.15) is 5.56 Å². The summed E-state index contributed by atoms with van der Waals surface area (Å²) >= 11 is 1.60. The van der Waals surface area contributed by atoms with Gasteiger partial charge in [-0.1, -0.05) is 42.5 Å². The van der Waals surface area contributed by atoms with Crippen LogP contribution in [-0.2, 0) is 25.9 Å².